The van der Waals surface area contributed by atoms with Crippen LogP contribution in [-0.2, 0) is 4.74 Å². The van der Waals surface area contributed by atoms with Gasteiger partial charge in [-0.3, -0.25) is 0 Å². The Morgan fingerprint density at radius 1 is 1.47 bits per heavy atom. The monoisotopic (exact) mass is 304 g/mol. The van der Waals surface area contributed by atoms with Crippen molar-refractivity contribution in [3.63, 3.8) is 0 Å². The summed E-state index contributed by atoms with van der Waals surface area (Å²) in [4.78, 5) is 0. The van der Waals surface area contributed by atoms with Crippen LogP contribution in [-0.4, -0.2) is 17.8 Å². The summed E-state index contributed by atoms with van der Waals surface area (Å²) in [5, 5.41) is 10.0. The van der Waals surface area contributed by atoms with Gasteiger partial charge in [0, 0.05) is 7.11 Å². The van der Waals surface area contributed by atoms with Crippen molar-refractivity contribution in [1.29, 1.82) is 0 Å². The van der Waals surface area contributed by atoms with E-state index in [1.54, 1.807) is 19.2 Å². The van der Waals surface area contributed by atoms with Gasteiger partial charge in [0.25, 0.3) is 0 Å². The fourth-order valence-electron chi connectivity index (χ4n) is 1.52. The molecule has 0 amide bonds. The maximum absolute atomic E-state index is 13.3. The smallest absolute Gasteiger partial charge is 0.137 e. The largest absolute Gasteiger partial charge is 0.388 e. The third-order valence-electron chi connectivity index (χ3n) is 2.91. The van der Waals surface area contributed by atoms with E-state index in [0.29, 0.717) is 22.9 Å². The Morgan fingerprint density at radius 2 is 2.12 bits per heavy atom. The Bertz CT molecular complexity index is 380. The number of methoxy groups -OCH3 is 1. The summed E-state index contributed by atoms with van der Waals surface area (Å²) in [7, 11) is 1.64. The topological polar surface area (TPSA) is 29.5 Å². The fraction of sp³-hybridized carbons (Fsp3) is 0.538. The molecule has 0 spiro atoms. The molecule has 1 aromatic rings. The second-order valence-electron chi connectivity index (χ2n) is 4.66. The molecule has 0 aliphatic carbocycles. The van der Waals surface area contributed by atoms with Crippen LogP contribution < -0.4 is 0 Å². The predicted molar refractivity (Wildman–Crippen MR) is 69.4 cm³/mol. The van der Waals surface area contributed by atoms with Gasteiger partial charge in [-0.05, 0) is 54.2 Å². The number of hydrogen-bond donors (Lipinski definition) is 1. The number of aliphatic hydroxyl groups is 1. The van der Waals surface area contributed by atoms with E-state index in [-0.39, 0.29) is 11.4 Å². The van der Waals surface area contributed by atoms with E-state index in [9.17, 15) is 9.50 Å². The van der Waals surface area contributed by atoms with Gasteiger partial charge in [0.1, 0.15) is 5.82 Å². The molecular weight excluding hydrogens is 287 g/mol. The molecule has 0 saturated heterocycles. The lowest BCUT2D eigenvalue weighted by molar-refractivity contribution is 0.00270. The zero-order valence-electron chi connectivity index (χ0n) is 10.3. The highest BCUT2D eigenvalue weighted by Crippen LogP contribution is 2.30. The molecular formula is C13H18BrFO2. The van der Waals surface area contributed by atoms with Crippen LogP contribution in [0.1, 0.15) is 38.4 Å². The minimum atomic E-state index is -0.686. The Labute approximate surface area is 110 Å². The normalized spacial score (nSPS) is 13.8. The lowest BCUT2D eigenvalue weighted by atomic mass is 9.96. The van der Waals surface area contributed by atoms with Gasteiger partial charge in [-0.1, -0.05) is 12.1 Å². The molecule has 1 N–H and O–H groups in total. The lowest BCUT2D eigenvalue weighted by Crippen LogP contribution is -2.23. The van der Waals surface area contributed by atoms with Gasteiger partial charge < -0.3 is 9.84 Å². The SMILES string of the molecule is COC(C)(C)CCC(O)c1cccc(F)c1Br. The quantitative estimate of drug-likeness (QED) is 0.896. The molecule has 0 fully saturated rings. The van der Waals surface area contributed by atoms with Crippen molar-refractivity contribution in [2.24, 2.45) is 0 Å². The van der Waals surface area contributed by atoms with Crippen LogP contribution in [0.15, 0.2) is 22.7 Å². The minimum Gasteiger partial charge on any atom is -0.388 e. The molecule has 17 heavy (non-hydrogen) atoms. The van der Waals surface area contributed by atoms with E-state index in [2.05, 4.69) is 15.9 Å². The summed E-state index contributed by atoms with van der Waals surface area (Å²) in [5.41, 5.74) is 0.303. The first-order valence-electron chi connectivity index (χ1n) is 5.54. The van der Waals surface area contributed by atoms with Crippen molar-refractivity contribution in [2.75, 3.05) is 7.11 Å². The van der Waals surface area contributed by atoms with Crippen LogP contribution >= 0.6 is 15.9 Å². The molecule has 1 atom stereocenters. The van der Waals surface area contributed by atoms with E-state index in [4.69, 9.17) is 4.74 Å². The van der Waals surface area contributed by atoms with Crippen LogP contribution in [0.3, 0.4) is 0 Å². The first-order valence-corrected chi connectivity index (χ1v) is 6.34. The molecule has 0 saturated carbocycles. The molecule has 96 valence electrons. The average molecular weight is 305 g/mol. The number of ether oxygens (including phenoxy) is 1. The van der Waals surface area contributed by atoms with E-state index < -0.39 is 6.10 Å². The van der Waals surface area contributed by atoms with Crippen LogP contribution in [0.25, 0.3) is 0 Å². The molecule has 1 aromatic carbocycles. The number of benzene rings is 1. The van der Waals surface area contributed by atoms with Crippen molar-refractivity contribution in [3.05, 3.63) is 34.1 Å². The van der Waals surface area contributed by atoms with Crippen LogP contribution in [0.5, 0.6) is 0 Å². The zero-order chi connectivity index (χ0) is 13.1. The van der Waals surface area contributed by atoms with Crippen LogP contribution in [0, 0.1) is 5.82 Å². The second kappa shape index (κ2) is 5.94. The third kappa shape index (κ3) is 4.05. The molecule has 0 radical (unpaired) electrons. The first-order chi connectivity index (χ1) is 7.87. The highest BCUT2D eigenvalue weighted by molar-refractivity contribution is 9.10. The Morgan fingerprint density at radius 3 is 2.71 bits per heavy atom. The zero-order valence-corrected chi connectivity index (χ0v) is 11.9. The summed E-state index contributed by atoms with van der Waals surface area (Å²) in [5.74, 6) is -0.354. The van der Waals surface area contributed by atoms with Crippen molar-refractivity contribution < 1.29 is 14.2 Å². The van der Waals surface area contributed by atoms with Gasteiger partial charge in [0.15, 0.2) is 0 Å². The third-order valence-corrected chi connectivity index (χ3v) is 3.75. The highest BCUT2D eigenvalue weighted by Gasteiger charge is 2.20. The summed E-state index contributed by atoms with van der Waals surface area (Å²) in [6.45, 7) is 3.92. The molecule has 0 aromatic heterocycles. The van der Waals surface area contributed by atoms with Gasteiger partial charge in [-0.2, -0.15) is 0 Å². The first kappa shape index (κ1) is 14.6. The van der Waals surface area contributed by atoms with Gasteiger partial charge in [0.05, 0.1) is 16.2 Å². The van der Waals surface area contributed by atoms with Gasteiger partial charge in [-0.25, -0.2) is 4.39 Å². The number of hydrogen-bond acceptors (Lipinski definition) is 2. The highest BCUT2D eigenvalue weighted by atomic mass is 79.9. The number of halogens is 2. The standard InChI is InChI=1S/C13H18BrFO2/c1-13(2,17-3)8-7-11(16)9-5-4-6-10(15)12(9)14/h4-6,11,16H,7-8H2,1-3H3. The predicted octanol–water partition coefficient (Wildman–Crippen LogP) is 3.83. The molecule has 0 heterocycles. The average Bonchev–Trinajstić information content (AvgIpc) is 2.30. The van der Waals surface area contributed by atoms with Crippen molar-refractivity contribution in [1.82, 2.24) is 0 Å². The number of aliphatic hydroxyl groups excluding tert-OH is 1. The van der Waals surface area contributed by atoms with Gasteiger partial charge in [-0.15, -0.1) is 0 Å². The minimum absolute atomic E-state index is 0.277. The molecule has 1 unspecified atom stereocenters. The van der Waals surface area contributed by atoms with Crippen molar-refractivity contribution >= 4 is 15.9 Å². The lowest BCUT2D eigenvalue weighted by Gasteiger charge is -2.24. The Kier molecular flexibility index (Phi) is 5.10. The van der Waals surface area contributed by atoms with Crippen molar-refractivity contribution in [2.45, 2.75) is 38.4 Å². The molecule has 4 heteroatoms. The molecule has 1 rings (SSSR count). The van der Waals surface area contributed by atoms with Gasteiger partial charge in [0.2, 0.25) is 0 Å². The van der Waals surface area contributed by atoms with E-state index in [1.807, 2.05) is 13.8 Å². The molecule has 0 aliphatic rings. The van der Waals surface area contributed by atoms with Crippen LogP contribution in [0.2, 0.25) is 0 Å². The van der Waals surface area contributed by atoms with E-state index >= 15 is 0 Å². The van der Waals surface area contributed by atoms with Crippen molar-refractivity contribution in [3.8, 4) is 0 Å². The van der Waals surface area contributed by atoms with Gasteiger partial charge >= 0.3 is 0 Å². The fourth-order valence-corrected chi connectivity index (χ4v) is 2.05. The molecule has 0 bridgehead atoms. The second-order valence-corrected chi connectivity index (χ2v) is 5.45. The molecule has 2 nitrogen and oxygen atoms in total. The Hall–Kier alpha value is -0.450. The Balaban J connectivity index is 2.71. The maximum atomic E-state index is 13.3. The summed E-state index contributed by atoms with van der Waals surface area (Å²) in [6, 6.07) is 4.68. The summed E-state index contributed by atoms with van der Waals surface area (Å²) < 4.78 is 18.9. The molecule has 0 aliphatic heterocycles. The maximum Gasteiger partial charge on any atom is 0.137 e. The number of rotatable bonds is 5. The summed E-state index contributed by atoms with van der Waals surface area (Å²) >= 11 is 3.15. The van der Waals surface area contributed by atoms with E-state index in [0.717, 1.165) is 0 Å². The van der Waals surface area contributed by atoms with E-state index in [1.165, 1.54) is 6.07 Å². The van der Waals surface area contributed by atoms with Crippen LogP contribution in [0.4, 0.5) is 4.39 Å². The summed E-state index contributed by atoms with van der Waals surface area (Å²) in [6.07, 6.45) is 0.547.